The number of hydrogen-bond donors (Lipinski definition) is 0. The topological polar surface area (TPSA) is 0 Å². The van der Waals surface area contributed by atoms with Gasteiger partial charge in [0.25, 0.3) is 0 Å². The summed E-state index contributed by atoms with van der Waals surface area (Å²) >= 11 is 12.5. The molecule has 5 atom stereocenters. The lowest BCUT2D eigenvalue weighted by molar-refractivity contribution is 0.106. The van der Waals surface area contributed by atoms with Crippen molar-refractivity contribution in [3.05, 3.63) is 0 Å². The Morgan fingerprint density at radius 2 is 2.07 bits per heavy atom. The molecule has 0 spiro atoms. The summed E-state index contributed by atoms with van der Waals surface area (Å²) in [6.07, 6.45) is 2.47. The summed E-state index contributed by atoms with van der Waals surface area (Å²) in [5.41, 5.74) is 0.467. The second-order valence-electron chi connectivity index (χ2n) is 5.73. The molecule has 0 aromatic heterocycles. The predicted octanol–water partition coefficient (Wildman–Crippen LogP) is 4.55. The fraction of sp³-hybridized carbons (Fsp3) is 1.00. The number of thioether (sulfide) groups is 1. The van der Waals surface area contributed by atoms with Gasteiger partial charge in [-0.25, -0.2) is 0 Å². The Balaban J connectivity index is 2.26. The van der Waals surface area contributed by atoms with Crippen LogP contribution in [0, 0.1) is 17.3 Å². The van der Waals surface area contributed by atoms with E-state index in [9.17, 15) is 0 Å². The van der Waals surface area contributed by atoms with Gasteiger partial charge >= 0.3 is 0 Å². The summed E-state index contributed by atoms with van der Waals surface area (Å²) < 4.78 is 0. The highest BCUT2D eigenvalue weighted by Crippen LogP contribution is 2.54. The first-order chi connectivity index (χ1) is 6.93. The molecule has 0 amide bonds. The lowest BCUT2D eigenvalue weighted by atomic mass is 9.64. The molecule has 0 bridgehead atoms. The van der Waals surface area contributed by atoms with Crippen LogP contribution in [0.1, 0.15) is 33.6 Å². The second-order valence-corrected chi connectivity index (χ2v) is 8.75. The van der Waals surface area contributed by atoms with Gasteiger partial charge < -0.3 is 0 Å². The SMILES string of the molecule is CC1C(Br)CC(Cl)C2SCCC(C)(C)C12. The summed E-state index contributed by atoms with van der Waals surface area (Å²) in [5.74, 6) is 2.82. The van der Waals surface area contributed by atoms with Crippen LogP contribution in [-0.4, -0.2) is 21.2 Å². The molecule has 2 aliphatic rings. The second kappa shape index (κ2) is 4.42. The van der Waals surface area contributed by atoms with Crippen LogP contribution >= 0.6 is 39.3 Å². The van der Waals surface area contributed by atoms with Crippen molar-refractivity contribution in [2.24, 2.45) is 17.3 Å². The minimum absolute atomic E-state index is 0.361. The Labute approximate surface area is 111 Å². The average molecular weight is 312 g/mol. The van der Waals surface area contributed by atoms with Gasteiger partial charge in [-0.1, -0.05) is 36.7 Å². The minimum atomic E-state index is 0.361. The van der Waals surface area contributed by atoms with E-state index in [2.05, 4.69) is 48.5 Å². The largest absolute Gasteiger partial charge is 0.157 e. The summed E-state index contributed by atoms with van der Waals surface area (Å²) in [5, 5.41) is 1.04. The molecule has 3 heteroatoms. The maximum absolute atomic E-state index is 6.53. The molecule has 0 radical (unpaired) electrons. The van der Waals surface area contributed by atoms with Crippen LogP contribution in [0.25, 0.3) is 0 Å². The van der Waals surface area contributed by atoms with Crippen molar-refractivity contribution >= 4 is 39.3 Å². The van der Waals surface area contributed by atoms with E-state index in [0.717, 1.165) is 18.3 Å². The van der Waals surface area contributed by atoms with Crippen LogP contribution < -0.4 is 0 Å². The molecule has 1 heterocycles. The van der Waals surface area contributed by atoms with E-state index in [4.69, 9.17) is 11.6 Å². The zero-order valence-corrected chi connectivity index (χ0v) is 12.8. The Hall–Kier alpha value is 1.12. The molecule has 0 N–H and O–H groups in total. The molecule has 2 fully saturated rings. The van der Waals surface area contributed by atoms with Gasteiger partial charge in [-0.3, -0.25) is 0 Å². The molecule has 1 saturated carbocycles. The van der Waals surface area contributed by atoms with Gasteiger partial charge in [0.15, 0.2) is 0 Å². The molecule has 2 rings (SSSR count). The highest BCUT2D eigenvalue weighted by molar-refractivity contribution is 9.09. The Bertz CT molecular complexity index is 244. The number of rotatable bonds is 0. The van der Waals surface area contributed by atoms with Crippen LogP contribution in [0.4, 0.5) is 0 Å². The van der Waals surface area contributed by atoms with E-state index < -0.39 is 0 Å². The van der Waals surface area contributed by atoms with Crippen molar-refractivity contribution in [2.75, 3.05) is 5.75 Å². The normalized spacial score (nSPS) is 49.8. The first kappa shape index (κ1) is 12.6. The number of fused-ring (bicyclic) bond motifs is 1. The van der Waals surface area contributed by atoms with Crippen LogP contribution in [-0.2, 0) is 0 Å². The fourth-order valence-electron chi connectivity index (χ4n) is 3.30. The van der Waals surface area contributed by atoms with Gasteiger partial charge in [0.1, 0.15) is 0 Å². The zero-order chi connectivity index (χ0) is 11.2. The Morgan fingerprint density at radius 1 is 1.40 bits per heavy atom. The van der Waals surface area contributed by atoms with Gasteiger partial charge in [0.05, 0.1) is 0 Å². The van der Waals surface area contributed by atoms with Crippen LogP contribution in [0.2, 0.25) is 0 Å². The molecule has 5 unspecified atom stereocenters. The van der Waals surface area contributed by atoms with Gasteiger partial charge in [-0.2, -0.15) is 11.8 Å². The number of hydrogen-bond acceptors (Lipinski definition) is 1. The lowest BCUT2D eigenvalue weighted by Crippen LogP contribution is -2.51. The minimum Gasteiger partial charge on any atom is -0.157 e. The molecule has 0 aromatic rings. The van der Waals surface area contributed by atoms with Crippen molar-refractivity contribution in [1.29, 1.82) is 0 Å². The van der Waals surface area contributed by atoms with E-state index in [1.54, 1.807) is 0 Å². The third-order valence-corrected chi connectivity index (χ3v) is 7.51. The smallest absolute Gasteiger partial charge is 0.0468 e. The van der Waals surface area contributed by atoms with Gasteiger partial charge in [-0.05, 0) is 35.8 Å². The summed E-state index contributed by atoms with van der Waals surface area (Å²) in [6, 6.07) is 0. The van der Waals surface area contributed by atoms with Crippen molar-refractivity contribution in [2.45, 2.75) is 49.1 Å². The fourth-order valence-corrected chi connectivity index (χ4v) is 6.88. The summed E-state index contributed by atoms with van der Waals surface area (Å²) in [7, 11) is 0. The maximum atomic E-state index is 6.53. The lowest BCUT2D eigenvalue weighted by Gasteiger charge is -2.52. The molecular formula is C12H20BrClS. The summed E-state index contributed by atoms with van der Waals surface area (Å²) in [4.78, 5) is 0.610. The molecule has 15 heavy (non-hydrogen) atoms. The first-order valence-electron chi connectivity index (χ1n) is 5.83. The van der Waals surface area contributed by atoms with Crippen molar-refractivity contribution in [3.8, 4) is 0 Å². The molecule has 1 aliphatic carbocycles. The molecule has 0 aromatic carbocycles. The molecule has 1 saturated heterocycles. The van der Waals surface area contributed by atoms with E-state index in [1.807, 2.05) is 0 Å². The molecular weight excluding hydrogens is 292 g/mol. The highest BCUT2D eigenvalue weighted by atomic mass is 79.9. The van der Waals surface area contributed by atoms with Crippen molar-refractivity contribution in [3.63, 3.8) is 0 Å². The Morgan fingerprint density at radius 3 is 2.73 bits per heavy atom. The third-order valence-electron chi connectivity index (χ3n) is 4.26. The van der Waals surface area contributed by atoms with E-state index in [1.165, 1.54) is 12.2 Å². The molecule has 1 aliphatic heterocycles. The first-order valence-corrected chi connectivity index (χ1v) is 8.23. The van der Waals surface area contributed by atoms with Crippen molar-refractivity contribution in [1.82, 2.24) is 0 Å². The highest BCUT2D eigenvalue weighted by Gasteiger charge is 2.49. The van der Waals surface area contributed by atoms with Crippen molar-refractivity contribution < 1.29 is 0 Å². The molecule has 88 valence electrons. The Kier molecular flexibility index (Phi) is 3.70. The summed E-state index contributed by atoms with van der Waals surface area (Å²) in [6.45, 7) is 7.25. The zero-order valence-electron chi connectivity index (χ0n) is 9.67. The van der Waals surface area contributed by atoms with E-state index in [0.29, 0.717) is 20.9 Å². The predicted molar refractivity (Wildman–Crippen MR) is 74.3 cm³/mol. The standard InChI is InChI=1S/C12H20BrClS/c1-7-8(13)6-9(14)11-10(7)12(2,3)4-5-15-11/h7-11H,4-6H2,1-3H3. The number of alkyl halides is 2. The quantitative estimate of drug-likeness (QED) is 0.592. The average Bonchev–Trinajstić information content (AvgIpc) is 2.13. The van der Waals surface area contributed by atoms with Gasteiger partial charge in [0.2, 0.25) is 0 Å². The monoisotopic (exact) mass is 310 g/mol. The van der Waals surface area contributed by atoms with E-state index in [-0.39, 0.29) is 0 Å². The van der Waals surface area contributed by atoms with E-state index >= 15 is 0 Å². The van der Waals surface area contributed by atoms with Gasteiger partial charge in [0, 0.05) is 15.5 Å². The maximum Gasteiger partial charge on any atom is 0.0468 e. The van der Waals surface area contributed by atoms with Gasteiger partial charge in [-0.15, -0.1) is 11.6 Å². The van der Waals surface area contributed by atoms with Crippen LogP contribution in [0.3, 0.4) is 0 Å². The third kappa shape index (κ3) is 2.24. The number of halogens is 2. The molecule has 0 nitrogen and oxygen atoms in total. The van der Waals surface area contributed by atoms with Crippen LogP contribution in [0.5, 0.6) is 0 Å². The van der Waals surface area contributed by atoms with Crippen LogP contribution in [0.15, 0.2) is 0 Å².